The van der Waals surface area contributed by atoms with Crippen LogP contribution in [0.25, 0.3) is 0 Å². The molecular formula is C33H48O6. The van der Waals surface area contributed by atoms with Gasteiger partial charge >= 0.3 is 17.9 Å². The molecule has 0 bridgehead atoms. The van der Waals surface area contributed by atoms with Crippen molar-refractivity contribution >= 4 is 17.9 Å². The van der Waals surface area contributed by atoms with E-state index in [1.807, 2.05) is 6.92 Å². The van der Waals surface area contributed by atoms with Gasteiger partial charge in [-0.1, -0.05) is 33.4 Å². The summed E-state index contributed by atoms with van der Waals surface area (Å²) in [7, 11) is 1.46. The van der Waals surface area contributed by atoms with Crippen LogP contribution in [0.4, 0.5) is 0 Å². The molecule has 0 radical (unpaired) electrons. The fourth-order valence-electron chi connectivity index (χ4n) is 10.7. The molecule has 0 unspecified atom stereocenters. The summed E-state index contributed by atoms with van der Waals surface area (Å²) in [6, 6.07) is 0. The van der Waals surface area contributed by atoms with Gasteiger partial charge < -0.3 is 14.2 Å². The van der Waals surface area contributed by atoms with E-state index in [-0.39, 0.29) is 51.6 Å². The fraction of sp³-hybridized carbons (Fsp3) is 0.788. The third-order valence-corrected chi connectivity index (χ3v) is 12.8. The van der Waals surface area contributed by atoms with Crippen LogP contribution in [0.2, 0.25) is 0 Å². The summed E-state index contributed by atoms with van der Waals surface area (Å²) in [6.45, 7) is 15.6. The highest BCUT2D eigenvalue weighted by Crippen LogP contribution is 2.88. The highest BCUT2D eigenvalue weighted by Gasteiger charge is 2.83. The number of rotatable bonds is 9. The second kappa shape index (κ2) is 9.76. The number of fused-ring (bicyclic) bond motifs is 4. The maximum atomic E-state index is 12.7. The standard InChI is InChI=1S/C33H48O6/c1-20(18-38-23(4)34)9-8-10-21(2)24-11-13-31(6)26-17-25-28(22(3)29(36)39-25)33(14-12-27(35)37-7)19-32(26,33)16-15-30(24,31)5/h9,21,24-26,28H,3,8,10-19H2,1-2,4-7H3/b20-9+/t21-,24-,25-,26+,28-,30-,31+,32+,33-/m1/s1. The van der Waals surface area contributed by atoms with Crippen molar-refractivity contribution in [3.63, 3.8) is 0 Å². The molecule has 0 amide bonds. The number of methoxy groups -OCH3 is 1. The minimum atomic E-state index is -0.236. The van der Waals surface area contributed by atoms with Crippen LogP contribution in [-0.4, -0.2) is 37.7 Å². The molecule has 39 heavy (non-hydrogen) atoms. The number of hydrogen-bond acceptors (Lipinski definition) is 6. The van der Waals surface area contributed by atoms with E-state index in [0.717, 1.165) is 37.7 Å². The summed E-state index contributed by atoms with van der Waals surface area (Å²) < 4.78 is 16.2. The average molecular weight is 541 g/mol. The Kier molecular flexibility index (Phi) is 7.12. The molecular weight excluding hydrogens is 492 g/mol. The predicted octanol–water partition coefficient (Wildman–Crippen LogP) is 6.58. The first-order chi connectivity index (χ1) is 18.3. The van der Waals surface area contributed by atoms with Crippen LogP contribution in [-0.2, 0) is 28.6 Å². The number of esters is 3. The van der Waals surface area contributed by atoms with Crippen LogP contribution in [0.15, 0.2) is 23.8 Å². The average Bonchev–Trinajstić information content (AvgIpc) is 3.34. The summed E-state index contributed by atoms with van der Waals surface area (Å²) in [5.41, 5.74) is 2.26. The van der Waals surface area contributed by atoms with Crippen LogP contribution in [0.1, 0.15) is 98.8 Å². The summed E-state index contributed by atoms with van der Waals surface area (Å²) in [5.74, 6) is 1.16. The van der Waals surface area contributed by atoms with Crippen LogP contribution in [0.3, 0.4) is 0 Å². The lowest BCUT2D eigenvalue weighted by atomic mass is 9.43. The van der Waals surface area contributed by atoms with Gasteiger partial charge in [-0.2, -0.15) is 0 Å². The molecule has 9 atom stereocenters. The molecule has 0 aromatic rings. The molecule has 0 aromatic carbocycles. The fourth-order valence-corrected chi connectivity index (χ4v) is 10.7. The van der Waals surface area contributed by atoms with Crippen molar-refractivity contribution in [2.75, 3.05) is 13.7 Å². The number of ether oxygens (including phenoxy) is 3. The van der Waals surface area contributed by atoms with Crippen LogP contribution >= 0.6 is 0 Å². The molecule has 6 heteroatoms. The zero-order chi connectivity index (χ0) is 28.4. The molecule has 6 nitrogen and oxygen atoms in total. The molecule has 0 aromatic heterocycles. The van der Waals surface area contributed by atoms with Gasteiger partial charge in [0.15, 0.2) is 0 Å². The topological polar surface area (TPSA) is 78.9 Å². The van der Waals surface area contributed by atoms with Crippen molar-refractivity contribution in [2.45, 2.75) is 105 Å². The van der Waals surface area contributed by atoms with E-state index in [1.165, 1.54) is 39.7 Å². The first-order valence-corrected chi connectivity index (χ1v) is 15.1. The van der Waals surface area contributed by atoms with E-state index in [4.69, 9.17) is 14.2 Å². The third-order valence-electron chi connectivity index (χ3n) is 12.8. The van der Waals surface area contributed by atoms with E-state index in [0.29, 0.717) is 36.4 Å². The van der Waals surface area contributed by atoms with Crippen molar-refractivity contribution in [2.24, 2.45) is 45.3 Å². The van der Waals surface area contributed by atoms with Gasteiger partial charge in [0, 0.05) is 24.8 Å². The maximum Gasteiger partial charge on any atom is 0.334 e. The summed E-state index contributed by atoms with van der Waals surface area (Å²) in [6.07, 6.45) is 12.3. The summed E-state index contributed by atoms with van der Waals surface area (Å²) >= 11 is 0. The Labute approximate surface area is 234 Å². The Balaban J connectivity index is 1.36. The zero-order valence-electron chi connectivity index (χ0n) is 24.9. The molecule has 5 aliphatic rings. The molecule has 216 valence electrons. The van der Waals surface area contributed by atoms with Crippen LogP contribution in [0, 0.1) is 45.3 Å². The monoisotopic (exact) mass is 540 g/mol. The minimum Gasteiger partial charge on any atom is -0.469 e. The lowest BCUT2D eigenvalue weighted by molar-refractivity contribution is -0.158. The van der Waals surface area contributed by atoms with Gasteiger partial charge in [0.25, 0.3) is 0 Å². The van der Waals surface area contributed by atoms with Crippen molar-refractivity contribution < 1.29 is 28.6 Å². The molecule has 4 saturated carbocycles. The van der Waals surface area contributed by atoms with Gasteiger partial charge in [-0.25, -0.2) is 4.79 Å². The molecule has 1 saturated heterocycles. The zero-order valence-corrected chi connectivity index (χ0v) is 24.9. The minimum absolute atomic E-state index is 0.0389. The summed E-state index contributed by atoms with van der Waals surface area (Å²) in [4.78, 5) is 36.1. The van der Waals surface area contributed by atoms with E-state index in [9.17, 15) is 14.4 Å². The predicted molar refractivity (Wildman–Crippen MR) is 148 cm³/mol. The molecule has 1 spiro atoms. The first-order valence-electron chi connectivity index (χ1n) is 15.1. The summed E-state index contributed by atoms with van der Waals surface area (Å²) in [5, 5.41) is 0. The second-order valence-corrected chi connectivity index (χ2v) is 14.2. The highest BCUT2D eigenvalue weighted by atomic mass is 16.6. The Morgan fingerprint density at radius 3 is 2.62 bits per heavy atom. The smallest absolute Gasteiger partial charge is 0.334 e. The Morgan fingerprint density at radius 2 is 1.92 bits per heavy atom. The largest absolute Gasteiger partial charge is 0.469 e. The third kappa shape index (κ3) is 4.13. The number of hydrogen-bond donors (Lipinski definition) is 0. The molecule has 0 N–H and O–H groups in total. The number of carbonyl (C=O) groups is 3. The second-order valence-electron chi connectivity index (χ2n) is 14.2. The van der Waals surface area contributed by atoms with Crippen LogP contribution in [0.5, 0.6) is 0 Å². The molecule has 1 aliphatic heterocycles. The first kappa shape index (κ1) is 28.4. The van der Waals surface area contributed by atoms with Gasteiger partial charge in [-0.15, -0.1) is 0 Å². The Hall–Kier alpha value is -2.11. The SMILES string of the molecule is C=C1C(=O)O[C@@H]2C[C@@H]3[C@]4(CC[C@]5(C)[C@@H]([C@H](C)CC/C=C(\C)COC(C)=O)CC[C@@]35C)C[C@]4(CCC(=O)OC)[C@H]12. The Bertz CT molecular complexity index is 1090. The number of allylic oxidation sites excluding steroid dienone is 1. The van der Waals surface area contributed by atoms with Gasteiger partial charge in [-0.3, -0.25) is 9.59 Å². The van der Waals surface area contributed by atoms with E-state index >= 15 is 0 Å². The number of carbonyl (C=O) groups excluding carboxylic acids is 3. The van der Waals surface area contributed by atoms with Crippen molar-refractivity contribution in [1.82, 2.24) is 0 Å². The molecule has 5 fully saturated rings. The lowest BCUT2D eigenvalue weighted by Crippen LogP contribution is -2.56. The Morgan fingerprint density at radius 1 is 1.18 bits per heavy atom. The van der Waals surface area contributed by atoms with Crippen molar-refractivity contribution in [3.05, 3.63) is 23.8 Å². The van der Waals surface area contributed by atoms with Crippen molar-refractivity contribution in [3.8, 4) is 0 Å². The van der Waals surface area contributed by atoms with E-state index in [1.54, 1.807) is 0 Å². The van der Waals surface area contributed by atoms with Gasteiger partial charge in [0.05, 0.1) is 7.11 Å². The van der Waals surface area contributed by atoms with Gasteiger partial charge in [-0.05, 0) is 110 Å². The van der Waals surface area contributed by atoms with E-state index in [2.05, 4.69) is 33.4 Å². The maximum absolute atomic E-state index is 12.7. The quantitative estimate of drug-likeness (QED) is 0.142. The molecule has 1 heterocycles. The normalized spacial score (nSPS) is 43.0. The van der Waals surface area contributed by atoms with Gasteiger partial charge in [0.2, 0.25) is 0 Å². The van der Waals surface area contributed by atoms with Crippen molar-refractivity contribution in [1.29, 1.82) is 0 Å². The van der Waals surface area contributed by atoms with Crippen LogP contribution < -0.4 is 0 Å². The van der Waals surface area contributed by atoms with Gasteiger partial charge in [0.1, 0.15) is 12.7 Å². The lowest BCUT2D eigenvalue weighted by Gasteiger charge is -2.61. The molecule has 4 aliphatic carbocycles. The van der Waals surface area contributed by atoms with E-state index < -0.39 is 0 Å². The molecule has 5 rings (SSSR count). The highest BCUT2D eigenvalue weighted by molar-refractivity contribution is 5.91.